The zero-order chi connectivity index (χ0) is 13.8. The Kier molecular flexibility index (Phi) is 4.56. The van der Waals surface area contributed by atoms with Crippen LogP contribution < -0.4 is 5.32 Å². The monoisotopic (exact) mass is 294 g/mol. The Bertz CT molecular complexity index is 582. The highest BCUT2D eigenvalue weighted by molar-refractivity contribution is 7.11. The van der Waals surface area contributed by atoms with E-state index in [0.29, 0.717) is 10.7 Å². The maximum Gasteiger partial charge on any atom is 0.251 e. The minimum Gasteiger partial charge on any atom is -0.349 e. The van der Waals surface area contributed by atoms with Crippen molar-refractivity contribution in [1.82, 2.24) is 10.3 Å². The van der Waals surface area contributed by atoms with E-state index in [0.717, 1.165) is 6.42 Å². The number of halogens is 1. The summed E-state index contributed by atoms with van der Waals surface area (Å²) in [5.74, 6) is -0.120. The molecule has 1 unspecified atom stereocenters. The van der Waals surface area contributed by atoms with E-state index < -0.39 is 0 Å². The molecule has 0 fully saturated rings. The lowest BCUT2D eigenvalue weighted by Crippen LogP contribution is -2.33. The lowest BCUT2D eigenvalue weighted by Gasteiger charge is -2.13. The Morgan fingerprint density at radius 3 is 2.89 bits per heavy atom. The predicted molar refractivity (Wildman–Crippen MR) is 78.9 cm³/mol. The van der Waals surface area contributed by atoms with Gasteiger partial charge in [-0.3, -0.25) is 4.79 Å². The molecule has 0 bridgehead atoms. The van der Waals surface area contributed by atoms with Crippen LogP contribution in [0.25, 0.3) is 0 Å². The third-order valence-corrected chi connectivity index (χ3v) is 3.90. The van der Waals surface area contributed by atoms with Gasteiger partial charge in [-0.05, 0) is 38.1 Å². The van der Waals surface area contributed by atoms with E-state index >= 15 is 0 Å². The normalized spacial score (nSPS) is 12.2. The molecule has 3 nitrogen and oxygen atoms in total. The van der Waals surface area contributed by atoms with Crippen molar-refractivity contribution < 1.29 is 4.79 Å². The lowest BCUT2D eigenvalue weighted by atomic mass is 10.2. The van der Waals surface area contributed by atoms with Crippen molar-refractivity contribution in [2.24, 2.45) is 0 Å². The molecular weight excluding hydrogens is 280 g/mol. The van der Waals surface area contributed by atoms with Gasteiger partial charge in [-0.15, -0.1) is 11.3 Å². The van der Waals surface area contributed by atoms with E-state index in [1.54, 1.807) is 23.5 Å². The molecule has 0 radical (unpaired) electrons. The van der Waals surface area contributed by atoms with E-state index in [-0.39, 0.29) is 11.9 Å². The van der Waals surface area contributed by atoms with Crippen LogP contribution >= 0.6 is 22.9 Å². The van der Waals surface area contributed by atoms with Gasteiger partial charge in [-0.1, -0.05) is 11.6 Å². The molecule has 0 aliphatic carbocycles. The number of nitrogens with zero attached hydrogens (tertiary/aromatic N) is 1. The third kappa shape index (κ3) is 4.04. The topological polar surface area (TPSA) is 42.0 Å². The van der Waals surface area contributed by atoms with Gasteiger partial charge in [-0.25, -0.2) is 4.98 Å². The molecule has 1 atom stereocenters. The quantitative estimate of drug-likeness (QED) is 0.877. The molecule has 0 aliphatic rings. The summed E-state index contributed by atoms with van der Waals surface area (Å²) < 4.78 is 0. The number of carbonyl (C=O) groups is 1. The van der Waals surface area contributed by atoms with Crippen LogP contribution in [0.4, 0.5) is 0 Å². The SMILES string of the molecule is Cc1ccc(CC(C)NC(=O)c2ccnc(Cl)c2)s1. The van der Waals surface area contributed by atoms with Crippen LogP contribution in [0.2, 0.25) is 5.15 Å². The molecule has 2 aromatic rings. The van der Waals surface area contributed by atoms with Crippen molar-refractivity contribution in [3.05, 3.63) is 50.9 Å². The average Bonchev–Trinajstić information content (AvgIpc) is 2.74. The zero-order valence-corrected chi connectivity index (χ0v) is 12.4. The Labute approximate surface area is 121 Å². The molecule has 2 heterocycles. The number of rotatable bonds is 4. The van der Waals surface area contributed by atoms with Crippen molar-refractivity contribution in [2.75, 3.05) is 0 Å². The summed E-state index contributed by atoms with van der Waals surface area (Å²) in [7, 11) is 0. The van der Waals surface area contributed by atoms with Gasteiger partial charge in [0, 0.05) is 34.0 Å². The molecule has 0 saturated heterocycles. The highest BCUT2D eigenvalue weighted by Crippen LogP contribution is 2.17. The molecular formula is C14H15ClN2OS. The highest BCUT2D eigenvalue weighted by Gasteiger charge is 2.11. The summed E-state index contributed by atoms with van der Waals surface area (Å²) in [6, 6.07) is 7.50. The second-order valence-corrected chi connectivity index (χ2v) is 6.22. The first-order chi connectivity index (χ1) is 9.04. The molecule has 0 saturated carbocycles. The summed E-state index contributed by atoms with van der Waals surface area (Å²) in [5, 5.41) is 3.29. The molecule has 0 spiro atoms. The first-order valence-corrected chi connectivity index (χ1v) is 7.22. The second-order valence-electron chi connectivity index (χ2n) is 4.46. The Hall–Kier alpha value is -1.39. The number of aryl methyl sites for hydroxylation is 1. The third-order valence-electron chi connectivity index (χ3n) is 2.67. The van der Waals surface area contributed by atoms with Crippen LogP contribution in [0.5, 0.6) is 0 Å². The minimum absolute atomic E-state index is 0.0810. The Morgan fingerprint density at radius 2 is 2.26 bits per heavy atom. The van der Waals surface area contributed by atoms with Gasteiger partial charge in [0.1, 0.15) is 5.15 Å². The number of thiophene rings is 1. The lowest BCUT2D eigenvalue weighted by molar-refractivity contribution is 0.0940. The predicted octanol–water partition coefficient (Wildman–Crippen LogP) is 3.47. The summed E-state index contributed by atoms with van der Waals surface area (Å²) >= 11 is 7.53. The first-order valence-electron chi connectivity index (χ1n) is 6.02. The van der Waals surface area contributed by atoms with Gasteiger partial charge < -0.3 is 5.32 Å². The largest absolute Gasteiger partial charge is 0.349 e. The smallest absolute Gasteiger partial charge is 0.251 e. The van der Waals surface area contributed by atoms with Crippen LogP contribution in [0.1, 0.15) is 27.0 Å². The van der Waals surface area contributed by atoms with Crippen molar-refractivity contribution in [3.8, 4) is 0 Å². The molecule has 0 aromatic carbocycles. The maximum absolute atomic E-state index is 12.0. The van der Waals surface area contributed by atoms with E-state index in [4.69, 9.17) is 11.6 Å². The summed E-state index contributed by atoms with van der Waals surface area (Å²) in [6.07, 6.45) is 2.37. The van der Waals surface area contributed by atoms with Crippen LogP contribution in [0, 0.1) is 6.92 Å². The molecule has 5 heteroatoms. The Balaban J connectivity index is 1.95. The van der Waals surface area contributed by atoms with E-state index in [1.807, 2.05) is 6.92 Å². The number of nitrogens with one attached hydrogen (secondary N) is 1. The maximum atomic E-state index is 12.0. The number of pyridine rings is 1. The van der Waals surface area contributed by atoms with Crippen molar-refractivity contribution in [3.63, 3.8) is 0 Å². The molecule has 2 rings (SSSR count). The summed E-state index contributed by atoms with van der Waals surface area (Å²) in [6.45, 7) is 4.08. The van der Waals surface area contributed by atoms with Crippen molar-refractivity contribution in [1.29, 1.82) is 0 Å². The van der Waals surface area contributed by atoms with E-state index in [2.05, 4.69) is 29.4 Å². The number of amides is 1. The van der Waals surface area contributed by atoms with Crippen LogP contribution in [-0.4, -0.2) is 16.9 Å². The van der Waals surface area contributed by atoms with Crippen LogP contribution in [0.15, 0.2) is 30.5 Å². The number of aromatic nitrogens is 1. The van der Waals surface area contributed by atoms with Gasteiger partial charge in [0.2, 0.25) is 0 Å². The minimum atomic E-state index is -0.120. The van der Waals surface area contributed by atoms with Crippen LogP contribution in [-0.2, 0) is 6.42 Å². The van der Waals surface area contributed by atoms with Crippen molar-refractivity contribution in [2.45, 2.75) is 26.3 Å². The fourth-order valence-corrected chi connectivity index (χ4v) is 2.99. The van der Waals surface area contributed by atoms with E-state index in [1.165, 1.54) is 16.0 Å². The van der Waals surface area contributed by atoms with Crippen molar-refractivity contribution >= 4 is 28.8 Å². The fourth-order valence-electron chi connectivity index (χ4n) is 1.80. The van der Waals surface area contributed by atoms with Gasteiger partial charge in [0.25, 0.3) is 5.91 Å². The number of carbonyl (C=O) groups excluding carboxylic acids is 1. The van der Waals surface area contributed by atoms with Crippen LogP contribution in [0.3, 0.4) is 0 Å². The summed E-state index contributed by atoms with van der Waals surface area (Å²) in [5.41, 5.74) is 0.536. The molecule has 1 N–H and O–H groups in total. The molecule has 2 aromatic heterocycles. The van der Waals surface area contributed by atoms with Gasteiger partial charge in [-0.2, -0.15) is 0 Å². The van der Waals surface area contributed by atoms with Gasteiger partial charge in [0.15, 0.2) is 0 Å². The molecule has 1 amide bonds. The number of hydrogen-bond acceptors (Lipinski definition) is 3. The standard InChI is InChI=1S/C14H15ClN2OS/c1-9(7-12-4-3-10(2)19-12)17-14(18)11-5-6-16-13(15)8-11/h3-6,8-9H,7H2,1-2H3,(H,17,18). The molecule has 0 aliphatic heterocycles. The molecule has 19 heavy (non-hydrogen) atoms. The van der Waals surface area contributed by atoms with Gasteiger partial charge >= 0.3 is 0 Å². The second kappa shape index (κ2) is 6.17. The Morgan fingerprint density at radius 1 is 1.47 bits per heavy atom. The average molecular weight is 295 g/mol. The molecule has 100 valence electrons. The van der Waals surface area contributed by atoms with E-state index in [9.17, 15) is 4.79 Å². The number of hydrogen-bond donors (Lipinski definition) is 1. The first kappa shape index (κ1) is 14.0. The van der Waals surface area contributed by atoms with Gasteiger partial charge in [0.05, 0.1) is 0 Å². The summed E-state index contributed by atoms with van der Waals surface area (Å²) in [4.78, 5) is 18.4. The fraction of sp³-hybridized carbons (Fsp3) is 0.286. The zero-order valence-electron chi connectivity index (χ0n) is 10.8. The highest BCUT2D eigenvalue weighted by atomic mass is 35.5.